The van der Waals surface area contributed by atoms with Gasteiger partial charge in [0.1, 0.15) is 0 Å². The smallest absolute Gasteiger partial charge is 0.0827 e. The van der Waals surface area contributed by atoms with E-state index in [1.807, 2.05) is 0 Å². The van der Waals surface area contributed by atoms with Gasteiger partial charge in [-0.3, -0.25) is 0 Å². The number of aliphatic hydroxyl groups is 2. The highest BCUT2D eigenvalue weighted by molar-refractivity contribution is 4.93. The predicted molar refractivity (Wildman–Crippen MR) is 58.3 cm³/mol. The molecule has 3 aliphatic carbocycles. The summed E-state index contributed by atoms with van der Waals surface area (Å²) in [5.41, 5.74) is 0. The molecule has 2 heteroatoms. The number of fused-ring (bicyclic) bond motifs is 2. The average molecular weight is 210 g/mol. The molecular formula is C13H22O2. The highest BCUT2D eigenvalue weighted by Crippen LogP contribution is 2.50. The summed E-state index contributed by atoms with van der Waals surface area (Å²) in [6.07, 6.45) is 7.74. The highest BCUT2D eigenvalue weighted by atomic mass is 16.3. The van der Waals surface area contributed by atoms with Crippen LogP contribution in [0.5, 0.6) is 0 Å². The van der Waals surface area contributed by atoms with Gasteiger partial charge in [0.15, 0.2) is 0 Å². The van der Waals surface area contributed by atoms with Crippen molar-refractivity contribution in [1.29, 1.82) is 0 Å². The van der Waals surface area contributed by atoms with Gasteiger partial charge in [-0.25, -0.2) is 0 Å². The van der Waals surface area contributed by atoms with Crippen LogP contribution in [0.2, 0.25) is 0 Å². The van der Waals surface area contributed by atoms with Crippen LogP contribution in [0.4, 0.5) is 0 Å². The van der Waals surface area contributed by atoms with Gasteiger partial charge in [-0.05, 0) is 62.2 Å². The summed E-state index contributed by atoms with van der Waals surface area (Å²) in [7, 11) is 0. The van der Waals surface area contributed by atoms with Crippen molar-refractivity contribution in [2.75, 3.05) is 0 Å². The van der Waals surface area contributed by atoms with Gasteiger partial charge in [0.2, 0.25) is 0 Å². The van der Waals surface area contributed by atoms with E-state index in [2.05, 4.69) is 0 Å². The molecule has 2 nitrogen and oxygen atoms in total. The van der Waals surface area contributed by atoms with Crippen molar-refractivity contribution in [2.45, 2.75) is 57.2 Å². The zero-order valence-electron chi connectivity index (χ0n) is 9.31. The third kappa shape index (κ3) is 1.94. The number of rotatable bonds is 4. The lowest BCUT2D eigenvalue weighted by molar-refractivity contribution is -0.0118. The Hall–Kier alpha value is -0.0800. The second-order valence-corrected chi connectivity index (χ2v) is 6.07. The molecule has 3 aliphatic rings. The molecule has 3 saturated carbocycles. The molecule has 0 aromatic rings. The maximum Gasteiger partial charge on any atom is 0.0827 e. The largest absolute Gasteiger partial charge is 0.390 e. The molecule has 2 N–H and O–H groups in total. The molecule has 15 heavy (non-hydrogen) atoms. The summed E-state index contributed by atoms with van der Waals surface area (Å²) in [6, 6.07) is 0. The second-order valence-electron chi connectivity index (χ2n) is 6.07. The molecule has 0 amide bonds. The Morgan fingerprint density at radius 1 is 1.00 bits per heavy atom. The van der Waals surface area contributed by atoms with Gasteiger partial charge in [-0.15, -0.1) is 0 Å². The van der Waals surface area contributed by atoms with Gasteiger partial charge in [-0.1, -0.05) is 6.42 Å². The van der Waals surface area contributed by atoms with Gasteiger partial charge >= 0.3 is 0 Å². The third-order valence-electron chi connectivity index (χ3n) is 4.93. The first-order valence-electron chi connectivity index (χ1n) is 6.60. The van der Waals surface area contributed by atoms with Gasteiger partial charge < -0.3 is 10.2 Å². The van der Waals surface area contributed by atoms with Crippen LogP contribution in [-0.4, -0.2) is 22.4 Å². The zero-order valence-corrected chi connectivity index (χ0v) is 9.31. The monoisotopic (exact) mass is 210 g/mol. The summed E-state index contributed by atoms with van der Waals surface area (Å²) in [6.45, 7) is 0. The normalized spacial score (nSPS) is 43.2. The fraction of sp³-hybridized carbons (Fsp3) is 1.00. The SMILES string of the molecule is OC(CC1CC2CCC1C2)C(O)C1CC1. The molecule has 0 heterocycles. The standard InChI is InChI=1S/C13H22O2/c14-12(13(15)9-3-4-9)7-11-6-8-1-2-10(11)5-8/h8-15H,1-7H2. The van der Waals surface area contributed by atoms with Crippen molar-refractivity contribution >= 4 is 0 Å². The van der Waals surface area contributed by atoms with E-state index in [1.165, 1.54) is 25.7 Å². The molecule has 3 fully saturated rings. The average Bonchev–Trinajstić information content (AvgIpc) is 2.88. The summed E-state index contributed by atoms with van der Waals surface area (Å²) >= 11 is 0. The molecule has 86 valence electrons. The zero-order chi connectivity index (χ0) is 10.4. The van der Waals surface area contributed by atoms with Crippen LogP contribution in [0.3, 0.4) is 0 Å². The van der Waals surface area contributed by atoms with Crippen LogP contribution in [0.15, 0.2) is 0 Å². The van der Waals surface area contributed by atoms with Gasteiger partial charge in [0, 0.05) is 0 Å². The van der Waals surface area contributed by atoms with Crippen molar-refractivity contribution in [3.05, 3.63) is 0 Å². The number of aliphatic hydroxyl groups excluding tert-OH is 2. The van der Waals surface area contributed by atoms with E-state index >= 15 is 0 Å². The van der Waals surface area contributed by atoms with Gasteiger partial charge in [0.05, 0.1) is 12.2 Å². The number of hydrogen-bond acceptors (Lipinski definition) is 2. The van der Waals surface area contributed by atoms with E-state index < -0.39 is 12.2 Å². The Morgan fingerprint density at radius 2 is 1.80 bits per heavy atom. The molecule has 0 aliphatic heterocycles. The third-order valence-corrected chi connectivity index (χ3v) is 4.93. The topological polar surface area (TPSA) is 40.5 Å². The Balaban J connectivity index is 1.52. The summed E-state index contributed by atoms with van der Waals surface area (Å²) < 4.78 is 0. The molecular weight excluding hydrogens is 188 g/mol. The van der Waals surface area contributed by atoms with Crippen molar-refractivity contribution in [2.24, 2.45) is 23.7 Å². The Morgan fingerprint density at radius 3 is 2.33 bits per heavy atom. The van der Waals surface area contributed by atoms with Crippen LogP contribution < -0.4 is 0 Å². The van der Waals surface area contributed by atoms with Crippen LogP contribution >= 0.6 is 0 Å². The Labute approximate surface area is 91.7 Å². The molecule has 0 aromatic heterocycles. The minimum atomic E-state index is -0.443. The molecule has 0 radical (unpaired) electrons. The maximum atomic E-state index is 9.97. The van der Waals surface area contributed by atoms with Gasteiger partial charge in [0.25, 0.3) is 0 Å². The first-order valence-corrected chi connectivity index (χ1v) is 6.60. The molecule has 2 bridgehead atoms. The lowest BCUT2D eigenvalue weighted by atomic mass is 9.83. The molecule has 3 rings (SSSR count). The fourth-order valence-corrected chi connectivity index (χ4v) is 3.87. The van der Waals surface area contributed by atoms with Crippen molar-refractivity contribution in [3.63, 3.8) is 0 Å². The predicted octanol–water partition coefficient (Wildman–Crippen LogP) is 1.94. The van der Waals surface area contributed by atoms with Crippen LogP contribution in [0, 0.1) is 23.7 Å². The lowest BCUT2D eigenvalue weighted by Crippen LogP contribution is -2.31. The summed E-state index contributed by atoms with van der Waals surface area (Å²) in [4.78, 5) is 0. The van der Waals surface area contributed by atoms with Gasteiger partial charge in [-0.2, -0.15) is 0 Å². The minimum absolute atomic E-state index is 0.415. The van der Waals surface area contributed by atoms with E-state index in [0.29, 0.717) is 11.8 Å². The van der Waals surface area contributed by atoms with E-state index in [0.717, 1.165) is 31.1 Å². The van der Waals surface area contributed by atoms with E-state index in [4.69, 9.17) is 0 Å². The highest BCUT2D eigenvalue weighted by Gasteiger charge is 2.42. The fourth-order valence-electron chi connectivity index (χ4n) is 3.87. The van der Waals surface area contributed by atoms with E-state index in [-0.39, 0.29) is 0 Å². The maximum absolute atomic E-state index is 9.97. The van der Waals surface area contributed by atoms with E-state index in [1.54, 1.807) is 0 Å². The minimum Gasteiger partial charge on any atom is -0.390 e. The Bertz CT molecular complexity index is 237. The van der Waals surface area contributed by atoms with Crippen molar-refractivity contribution < 1.29 is 10.2 Å². The molecule has 5 atom stereocenters. The van der Waals surface area contributed by atoms with Crippen molar-refractivity contribution in [1.82, 2.24) is 0 Å². The second kappa shape index (κ2) is 3.74. The molecule has 5 unspecified atom stereocenters. The molecule has 0 saturated heterocycles. The van der Waals surface area contributed by atoms with Crippen LogP contribution in [0.25, 0.3) is 0 Å². The summed E-state index contributed by atoms with van der Waals surface area (Å²) in [5.74, 6) is 2.95. The quantitative estimate of drug-likeness (QED) is 0.744. The molecule has 0 spiro atoms. The first kappa shape index (κ1) is 10.1. The van der Waals surface area contributed by atoms with E-state index in [9.17, 15) is 10.2 Å². The van der Waals surface area contributed by atoms with Crippen LogP contribution in [-0.2, 0) is 0 Å². The van der Waals surface area contributed by atoms with Crippen LogP contribution in [0.1, 0.15) is 44.9 Å². The first-order chi connectivity index (χ1) is 7.24. The Kier molecular flexibility index (Phi) is 2.52. The molecule has 0 aromatic carbocycles. The lowest BCUT2D eigenvalue weighted by Gasteiger charge is -2.26. The summed E-state index contributed by atoms with van der Waals surface area (Å²) in [5, 5.41) is 19.8. The van der Waals surface area contributed by atoms with Crippen molar-refractivity contribution in [3.8, 4) is 0 Å². The number of hydrogen-bond donors (Lipinski definition) is 2.